The van der Waals surface area contributed by atoms with Crippen LogP contribution in [0.4, 0.5) is 0 Å². The third kappa shape index (κ3) is 3.37. The molecule has 5 nitrogen and oxygen atoms in total. The normalized spacial score (nSPS) is 26.6. The van der Waals surface area contributed by atoms with Gasteiger partial charge in [0.25, 0.3) is 0 Å². The monoisotopic (exact) mass is 362 g/mol. The van der Waals surface area contributed by atoms with Crippen LogP contribution in [0.1, 0.15) is 32.6 Å². The van der Waals surface area contributed by atoms with Gasteiger partial charge in [-0.25, -0.2) is 4.98 Å². The molecule has 2 heterocycles. The summed E-state index contributed by atoms with van der Waals surface area (Å²) in [6, 6.07) is 4.27. The fourth-order valence-electron chi connectivity index (χ4n) is 4.27. The van der Waals surface area contributed by atoms with Crippen molar-refractivity contribution in [2.45, 2.75) is 43.8 Å². The summed E-state index contributed by atoms with van der Waals surface area (Å²) in [4.78, 5) is 17.7. The molecule has 0 unspecified atom stereocenters. The number of nitrogens with one attached hydrogen (secondary N) is 2. The van der Waals surface area contributed by atoms with Gasteiger partial charge in [-0.1, -0.05) is 24.2 Å². The second kappa shape index (κ2) is 6.88. The Labute approximate surface area is 150 Å². The first-order valence-electron chi connectivity index (χ1n) is 8.57. The lowest BCUT2D eigenvalue weighted by atomic mass is 9.84. The molecule has 0 aromatic carbocycles. The van der Waals surface area contributed by atoms with Gasteiger partial charge in [0, 0.05) is 6.04 Å². The Morgan fingerprint density at radius 2 is 2.42 bits per heavy atom. The van der Waals surface area contributed by atoms with E-state index in [-0.39, 0.29) is 11.9 Å². The molecule has 128 valence electrons. The van der Waals surface area contributed by atoms with Crippen LogP contribution in [0.3, 0.4) is 0 Å². The SMILES string of the molecule is C[C@@H](NC(=O)CSc1n[nH]c(-c2cccs2)n1)[C@H]1C[C@H]2CC[C@H]1C2. The van der Waals surface area contributed by atoms with Crippen molar-refractivity contribution in [3.8, 4) is 10.7 Å². The minimum absolute atomic E-state index is 0.0812. The van der Waals surface area contributed by atoms with Crippen molar-refractivity contribution in [1.82, 2.24) is 20.5 Å². The highest BCUT2D eigenvalue weighted by atomic mass is 32.2. The number of hydrogen-bond acceptors (Lipinski definition) is 5. The Balaban J connectivity index is 1.26. The zero-order valence-corrected chi connectivity index (χ0v) is 15.3. The van der Waals surface area contributed by atoms with E-state index < -0.39 is 0 Å². The number of fused-ring (bicyclic) bond motifs is 2. The average Bonchev–Trinajstić information content (AvgIpc) is 3.37. The van der Waals surface area contributed by atoms with Gasteiger partial charge in [-0.2, -0.15) is 0 Å². The summed E-state index contributed by atoms with van der Waals surface area (Å²) in [6.45, 7) is 2.16. The Bertz CT molecular complexity index is 699. The van der Waals surface area contributed by atoms with Gasteiger partial charge in [-0.05, 0) is 55.4 Å². The number of aromatic nitrogens is 3. The third-order valence-corrected chi connectivity index (χ3v) is 7.10. The summed E-state index contributed by atoms with van der Waals surface area (Å²) in [5.74, 6) is 3.64. The maximum atomic E-state index is 12.2. The highest BCUT2D eigenvalue weighted by Crippen LogP contribution is 2.49. The molecule has 0 saturated heterocycles. The molecule has 2 aromatic rings. The highest BCUT2D eigenvalue weighted by molar-refractivity contribution is 7.99. The fraction of sp³-hybridized carbons (Fsp3) is 0.588. The van der Waals surface area contributed by atoms with Gasteiger partial charge >= 0.3 is 0 Å². The van der Waals surface area contributed by atoms with Gasteiger partial charge in [0.1, 0.15) is 0 Å². The molecule has 0 aliphatic heterocycles. The van der Waals surface area contributed by atoms with Crippen LogP contribution in [-0.2, 0) is 4.79 Å². The van der Waals surface area contributed by atoms with Crippen molar-refractivity contribution in [3.63, 3.8) is 0 Å². The number of nitrogens with zero attached hydrogens (tertiary/aromatic N) is 2. The zero-order chi connectivity index (χ0) is 16.5. The molecule has 7 heteroatoms. The number of amides is 1. The first-order chi connectivity index (χ1) is 11.7. The predicted octanol–water partition coefficient (Wildman–Crippen LogP) is 3.57. The summed E-state index contributed by atoms with van der Waals surface area (Å²) < 4.78 is 0. The van der Waals surface area contributed by atoms with E-state index >= 15 is 0 Å². The standard InChI is InChI=1S/C17H22N4OS2/c1-10(13-8-11-4-5-12(13)7-11)18-15(22)9-24-17-19-16(20-21-17)14-3-2-6-23-14/h2-3,6,10-13H,4-5,7-9H2,1H3,(H,18,22)(H,19,20,21)/t10-,11+,12+,13-/m1/s1. The van der Waals surface area contributed by atoms with Gasteiger partial charge in [-0.15, -0.1) is 16.4 Å². The van der Waals surface area contributed by atoms with Gasteiger partial charge in [-0.3, -0.25) is 9.89 Å². The van der Waals surface area contributed by atoms with Crippen molar-refractivity contribution in [1.29, 1.82) is 0 Å². The van der Waals surface area contributed by atoms with Crippen LogP contribution in [0.2, 0.25) is 0 Å². The van der Waals surface area contributed by atoms with E-state index in [1.54, 1.807) is 11.3 Å². The second-order valence-electron chi connectivity index (χ2n) is 6.93. The van der Waals surface area contributed by atoms with E-state index in [1.807, 2.05) is 17.5 Å². The van der Waals surface area contributed by atoms with Crippen molar-refractivity contribution in [3.05, 3.63) is 17.5 Å². The minimum atomic E-state index is 0.0812. The smallest absolute Gasteiger partial charge is 0.230 e. The van der Waals surface area contributed by atoms with Crippen LogP contribution < -0.4 is 5.32 Å². The van der Waals surface area contributed by atoms with E-state index in [9.17, 15) is 4.79 Å². The summed E-state index contributed by atoms with van der Waals surface area (Å²) in [5.41, 5.74) is 0. The minimum Gasteiger partial charge on any atom is -0.353 e. The molecular weight excluding hydrogens is 340 g/mol. The molecule has 2 aliphatic rings. The van der Waals surface area contributed by atoms with Crippen LogP contribution in [0.25, 0.3) is 10.7 Å². The Morgan fingerprint density at radius 3 is 3.12 bits per heavy atom. The zero-order valence-electron chi connectivity index (χ0n) is 13.7. The number of thioether (sulfide) groups is 1. The van der Waals surface area contributed by atoms with Gasteiger partial charge < -0.3 is 5.32 Å². The summed E-state index contributed by atoms with van der Waals surface area (Å²) >= 11 is 3.01. The Hall–Kier alpha value is -1.34. The molecule has 2 N–H and O–H groups in total. The number of thiophene rings is 1. The van der Waals surface area contributed by atoms with Crippen molar-refractivity contribution >= 4 is 29.0 Å². The summed E-state index contributed by atoms with van der Waals surface area (Å²) in [6.07, 6.45) is 5.43. The topological polar surface area (TPSA) is 70.7 Å². The molecule has 0 spiro atoms. The molecule has 1 amide bonds. The Kier molecular flexibility index (Phi) is 4.63. The molecular formula is C17H22N4OS2. The van der Waals surface area contributed by atoms with Crippen LogP contribution in [0, 0.1) is 17.8 Å². The molecule has 2 fully saturated rings. The van der Waals surface area contributed by atoms with Crippen molar-refractivity contribution in [2.75, 3.05) is 5.75 Å². The van der Waals surface area contributed by atoms with Crippen molar-refractivity contribution in [2.24, 2.45) is 17.8 Å². The molecule has 2 aromatic heterocycles. The molecule has 24 heavy (non-hydrogen) atoms. The van der Waals surface area contributed by atoms with E-state index in [2.05, 4.69) is 27.4 Å². The number of H-pyrrole nitrogens is 1. The maximum absolute atomic E-state index is 12.2. The third-order valence-electron chi connectivity index (χ3n) is 5.38. The maximum Gasteiger partial charge on any atom is 0.230 e. The molecule has 2 saturated carbocycles. The fourth-order valence-corrected chi connectivity index (χ4v) is 5.55. The lowest BCUT2D eigenvalue weighted by molar-refractivity contribution is -0.119. The van der Waals surface area contributed by atoms with Crippen LogP contribution in [0.15, 0.2) is 22.7 Å². The number of carbonyl (C=O) groups excluding carboxylic acids is 1. The van der Waals surface area contributed by atoms with E-state index in [0.717, 1.165) is 22.5 Å². The van der Waals surface area contributed by atoms with E-state index in [0.29, 0.717) is 16.8 Å². The van der Waals surface area contributed by atoms with Gasteiger partial charge in [0.05, 0.1) is 10.6 Å². The quantitative estimate of drug-likeness (QED) is 0.771. The lowest BCUT2D eigenvalue weighted by Gasteiger charge is -2.28. The lowest BCUT2D eigenvalue weighted by Crippen LogP contribution is -2.40. The highest BCUT2D eigenvalue weighted by Gasteiger charge is 2.42. The van der Waals surface area contributed by atoms with Gasteiger partial charge in [0.2, 0.25) is 11.1 Å². The average molecular weight is 363 g/mol. The van der Waals surface area contributed by atoms with Crippen LogP contribution in [0.5, 0.6) is 0 Å². The van der Waals surface area contributed by atoms with E-state index in [1.165, 1.54) is 37.4 Å². The molecule has 4 rings (SSSR count). The van der Waals surface area contributed by atoms with Crippen LogP contribution >= 0.6 is 23.1 Å². The van der Waals surface area contributed by atoms with Crippen LogP contribution in [-0.4, -0.2) is 32.9 Å². The molecule has 0 radical (unpaired) electrons. The number of rotatable bonds is 6. The summed E-state index contributed by atoms with van der Waals surface area (Å²) in [7, 11) is 0. The first-order valence-corrected chi connectivity index (χ1v) is 10.4. The van der Waals surface area contributed by atoms with E-state index in [4.69, 9.17) is 0 Å². The Morgan fingerprint density at radius 1 is 1.50 bits per heavy atom. The summed E-state index contributed by atoms with van der Waals surface area (Å²) in [5, 5.41) is 12.9. The van der Waals surface area contributed by atoms with Crippen molar-refractivity contribution < 1.29 is 4.79 Å². The first kappa shape index (κ1) is 16.1. The molecule has 4 atom stereocenters. The second-order valence-corrected chi connectivity index (χ2v) is 8.82. The molecule has 2 aliphatic carbocycles. The van der Waals surface area contributed by atoms with Gasteiger partial charge in [0.15, 0.2) is 5.82 Å². The largest absolute Gasteiger partial charge is 0.353 e. The molecule has 2 bridgehead atoms. The predicted molar refractivity (Wildman–Crippen MR) is 97.0 cm³/mol. The number of carbonyl (C=O) groups is 1. The number of aromatic amines is 1. The number of hydrogen-bond donors (Lipinski definition) is 2.